The summed E-state index contributed by atoms with van der Waals surface area (Å²) in [5.41, 5.74) is 0.949. The lowest BCUT2D eigenvalue weighted by Crippen LogP contribution is -2.15. The van der Waals surface area contributed by atoms with E-state index >= 15 is 0 Å². The Morgan fingerprint density at radius 3 is 2.64 bits per heavy atom. The van der Waals surface area contributed by atoms with E-state index in [9.17, 15) is 14.0 Å². The van der Waals surface area contributed by atoms with E-state index < -0.39 is 5.97 Å². The van der Waals surface area contributed by atoms with Crippen LogP contribution in [0, 0.1) is 5.82 Å². The van der Waals surface area contributed by atoms with E-state index in [2.05, 4.69) is 4.98 Å². The van der Waals surface area contributed by atoms with Crippen molar-refractivity contribution in [3.8, 4) is 11.5 Å². The van der Waals surface area contributed by atoms with Crippen LogP contribution in [0.5, 0.6) is 11.5 Å². The van der Waals surface area contributed by atoms with Gasteiger partial charge in [-0.2, -0.15) is 0 Å². The normalized spacial score (nSPS) is 10.3. The number of thiazole rings is 1. The highest BCUT2D eigenvalue weighted by Gasteiger charge is 2.10. The van der Waals surface area contributed by atoms with Crippen molar-refractivity contribution in [2.24, 2.45) is 0 Å². The molecule has 6 nitrogen and oxygen atoms in total. The number of carbonyl (C=O) groups is 2. The van der Waals surface area contributed by atoms with Crippen LogP contribution in [0.1, 0.15) is 21.1 Å². The van der Waals surface area contributed by atoms with Gasteiger partial charge in [0.2, 0.25) is 0 Å². The van der Waals surface area contributed by atoms with Gasteiger partial charge in [0.1, 0.15) is 35.5 Å². The maximum atomic E-state index is 12.9. The number of carbonyl (C=O) groups excluding carboxylic acids is 2. The molecule has 1 aromatic heterocycles. The van der Waals surface area contributed by atoms with Crippen molar-refractivity contribution in [2.45, 2.75) is 13.2 Å². The van der Waals surface area contributed by atoms with Crippen LogP contribution < -0.4 is 9.47 Å². The third-order valence-corrected chi connectivity index (χ3v) is 4.42. The minimum Gasteiger partial charge on any atom is -0.486 e. The Balaban J connectivity index is 1.42. The number of esters is 1. The summed E-state index contributed by atoms with van der Waals surface area (Å²) >= 11 is 1.37. The first kappa shape index (κ1) is 19.5. The lowest BCUT2D eigenvalue weighted by atomic mass is 10.2. The number of nitrogens with zero attached hydrogens (tertiary/aromatic N) is 1. The van der Waals surface area contributed by atoms with Crippen molar-refractivity contribution in [3.05, 3.63) is 76.0 Å². The predicted octanol–water partition coefficient (Wildman–Crippen LogP) is 3.80. The molecule has 0 fully saturated rings. The fourth-order valence-corrected chi connectivity index (χ4v) is 2.89. The molecule has 3 aromatic rings. The average Bonchev–Trinajstić information content (AvgIpc) is 3.18. The van der Waals surface area contributed by atoms with Crippen LogP contribution in [0.25, 0.3) is 0 Å². The Morgan fingerprint density at radius 1 is 1.07 bits per heavy atom. The Morgan fingerprint density at radius 2 is 1.86 bits per heavy atom. The first-order valence-electron chi connectivity index (χ1n) is 8.28. The molecule has 0 aliphatic heterocycles. The van der Waals surface area contributed by atoms with Crippen molar-refractivity contribution in [1.29, 1.82) is 0 Å². The largest absolute Gasteiger partial charge is 0.486 e. The monoisotopic (exact) mass is 401 g/mol. The molecule has 0 aliphatic carbocycles. The molecule has 3 rings (SSSR count). The SMILES string of the molecule is O=Cc1ccccc1OCC(=O)OCc1csc(COc2ccc(F)cc2)n1. The smallest absolute Gasteiger partial charge is 0.344 e. The average molecular weight is 401 g/mol. The molecule has 0 spiro atoms. The number of ether oxygens (including phenoxy) is 3. The van der Waals surface area contributed by atoms with Crippen LogP contribution in [0.4, 0.5) is 4.39 Å². The van der Waals surface area contributed by atoms with Crippen LogP contribution in [-0.2, 0) is 22.7 Å². The highest BCUT2D eigenvalue weighted by molar-refractivity contribution is 7.09. The zero-order valence-electron chi connectivity index (χ0n) is 14.7. The van der Waals surface area contributed by atoms with Gasteiger partial charge >= 0.3 is 5.97 Å². The Bertz CT molecular complexity index is 942. The molecule has 0 unspecified atom stereocenters. The highest BCUT2D eigenvalue weighted by atomic mass is 32.1. The molecule has 2 aromatic carbocycles. The van der Waals surface area contributed by atoms with Crippen LogP contribution in [0.15, 0.2) is 53.9 Å². The minimum absolute atomic E-state index is 0.00453. The number of para-hydroxylation sites is 1. The summed E-state index contributed by atoms with van der Waals surface area (Å²) in [7, 11) is 0. The van der Waals surface area contributed by atoms with Crippen molar-refractivity contribution in [2.75, 3.05) is 6.61 Å². The summed E-state index contributed by atoms with van der Waals surface area (Å²) < 4.78 is 28.8. The Labute approximate surface area is 164 Å². The summed E-state index contributed by atoms with van der Waals surface area (Å²) in [6, 6.07) is 12.3. The van der Waals surface area contributed by atoms with Crippen LogP contribution >= 0.6 is 11.3 Å². The second kappa shape index (κ2) is 9.61. The van der Waals surface area contributed by atoms with Gasteiger partial charge in [-0.25, -0.2) is 14.2 Å². The predicted molar refractivity (Wildman–Crippen MR) is 100.0 cm³/mol. The van der Waals surface area contributed by atoms with Gasteiger partial charge in [0.25, 0.3) is 0 Å². The number of halogens is 1. The zero-order chi connectivity index (χ0) is 19.8. The first-order chi connectivity index (χ1) is 13.6. The maximum absolute atomic E-state index is 12.9. The number of hydrogen-bond donors (Lipinski definition) is 0. The molecule has 0 saturated carbocycles. The van der Waals surface area contributed by atoms with E-state index in [0.29, 0.717) is 34.1 Å². The first-order valence-corrected chi connectivity index (χ1v) is 9.16. The molecule has 8 heteroatoms. The minimum atomic E-state index is -0.571. The van der Waals surface area contributed by atoms with E-state index in [1.165, 1.54) is 35.6 Å². The van der Waals surface area contributed by atoms with Gasteiger partial charge < -0.3 is 14.2 Å². The summed E-state index contributed by atoms with van der Waals surface area (Å²) in [6.45, 7) is -0.0735. The molecule has 0 atom stereocenters. The van der Waals surface area contributed by atoms with Gasteiger partial charge in [-0.15, -0.1) is 11.3 Å². The fraction of sp³-hybridized carbons (Fsp3) is 0.150. The standard InChI is InChI=1S/C20H16FNO5S/c21-15-5-7-17(8-6-15)25-11-19-22-16(13-28-19)10-27-20(24)12-26-18-4-2-1-3-14(18)9-23/h1-9,13H,10-12H2. The summed E-state index contributed by atoms with van der Waals surface area (Å²) in [6.07, 6.45) is 0.658. The summed E-state index contributed by atoms with van der Waals surface area (Å²) in [4.78, 5) is 27.0. The number of aldehydes is 1. The zero-order valence-corrected chi connectivity index (χ0v) is 15.5. The fourth-order valence-electron chi connectivity index (χ4n) is 2.20. The molecule has 0 aliphatic rings. The molecular weight excluding hydrogens is 385 g/mol. The second-order valence-electron chi connectivity index (χ2n) is 5.58. The van der Waals surface area contributed by atoms with Gasteiger partial charge in [0, 0.05) is 5.38 Å². The van der Waals surface area contributed by atoms with Crippen molar-refractivity contribution in [1.82, 2.24) is 4.98 Å². The molecule has 1 heterocycles. The van der Waals surface area contributed by atoms with Crippen molar-refractivity contribution < 1.29 is 28.2 Å². The van der Waals surface area contributed by atoms with Crippen LogP contribution in [0.3, 0.4) is 0 Å². The summed E-state index contributed by atoms with van der Waals surface area (Å²) in [5.74, 6) is -0.0391. The topological polar surface area (TPSA) is 74.7 Å². The maximum Gasteiger partial charge on any atom is 0.344 e. The van der Waals surface area contributed by atoms with Gasteiger partial charge in [0.15, 0.2) is 12.9 Å². The summed E-state index contributed by atoms with van der Waals surface area (Å²) in [5, 5.41) is 2.46. The molecular formula is C20H16FNO5S. The number of hydrogen-bond acceptors (Lipinski definition) is 7. The number of benzene rings is 2. The van der Waals surface area contributed by atoms with Crippen molar-refractivity contribution >= 4 is 23.6 Å². The molecule has 0 saturated heterocycles. The van der Waals surface area contributed by atoms with E-state index in [4.69, 9.17) is 14.2 Å². The van der Waals surface area contributed by atoms with E-state index in [-0.39, 0.29) is 25.6 Å². The molecule has 28 heavy (non-hydrogen) atoms. The number of rotatable bonds is 9. The van der Waals surface area contributed by atoms with Gasteiger partial charge in [-0.3, -0.25) is 4.79 Å². The van der Waals surface area contributed by atoms with Crippen LogP contribution in [-0.4, -0.2) is 23.8 Å². The molecule has 0 bridgehead atoms. The molecule has 144 valence electrons. The second-order valence-corrected chi connectivity index (χ2v) is 6.52. The third-order valence-electron chi connectivity index (χ3n) is 3.55. The third kappa shape index (κ3) is 5.62. The van der Waals surface area contributed by atoms with Gasteiger partial charge in [0.05, 0.1) is 11.3 Å². The Hall–Kier alpha value is -3.26. The van der Waals surface area contributed by atoms with E-state index in [0.717, 1.165) is 0 Å². The van der Waals surface area contributed by atoms with Crippen LogP contribution in [0.2, 0.25) is 0 Å². The molecule has 0 amide bonds. The quantitative estimate of drug-likeness (QED) is 0.401. The lowest BCUT2D eigenvalue weighted by molar-refractivity contribution is -0.147. The number of aromatic nitrogens is 1. The Kier molecular flexibility index (Phi) is 6.69. The van der Waals surface area contributed by atoms with Gasteiger partial charge in [-0.05, 0) is 36.4 Å². The highest BCUT2D eigenvalue weighted by Crippen LogP contribution is 2.17. The molecule has 0 radical (unpaired) electrons. The van der Waals surface area contributed by atoms with E-state index in [1.54, 1.807) is 29.6 Å². The van der Waals surface area contributed by atoms with E-state index in [1.807, 2.05) is 0 Å². The van der Waals surface area contributed by atoms with Crippen molar-refractivity contribution in [3.63, 3.8) is 0 Å². The van der Waals surface area contributed by atoms with Gasteiger partial charge in [-0.1, -0.05) is 12.1 Å². The molecule has 0 N–H and O–H groups in total. The lowest BCUT2D eigenvalue weighted by Gasteiger charge is -2.07.